The maximum absolute atomic E-state index is 13.7. The van der Waals surface area contributed by atoms with Crippen LogP contribution in [0.1, 0.15) is 28.4 Å². The van der Waals surface area contributed by atoms with Gasteiger partial charge in [0.1, 0.15) is 23.5 Å². The second-order valence-corrected chi connectivity index (χ2v) is 11.7. The molecule has 7 rings (SSSR count). The number of fused-ring (bicyclic) bond motifs is 1. The van der Waals surface area contributed by atoms with Crippen molar-refractivity contribution in [3.05, 3.63) is 159 Å². The molecule has 0 aliphatic heterocycles. The van der Waals surface area contributed by atoms with Gasteiger partial charge in [0.05, 0.1) is 23.9 Å². The number of aromatic nitrogens is 6. The van der Waals surface area contributed by atoms with Crippen molar-refractivity contribution in [1.29, 1.82) is 0 Å². The summed E-state index contributed by atoms with van der Waals surface area (Å²) < 4.78 is 32.1. The molecule has 0 aliphatic rings. The second kappa shape index (κ2) is 13.5. The first-order valence-electron chi connectivity index (χ1n) is 15.9. The van der Waals surface area contributed by atoms with Crippen LogP contribution >= 0.6 is 0 Å². The van der Waals surface area contributed by atoms with E-state index in [1.807, 2.05) is 66.5 Å². The molecule has 11 nitrogen and oxygen atoms in total. The third-order valence-corrected chi connectivity index (χ3v) is 8.18. The zero-order chi connectivity index (χ0) is 34.8. The predicted molar refractivity (Wildman–Crippen MR) is 185 cm³/mol. The lowest BCUT2D eigenvalue weighted by Gasteiger charge is -2.16. The lowest BCUT2D eigenvalue weighted by molar-refractivity contribution is 0.0990. The summed E-state index contributed by atoms with van der Waals surface area (Å²) in [6.07, 6.45) is 8.28. The first kappa shape index (κ1) is 32.0. The average molecular weight is 671 g/mol. The van der Waals surface area contributed by atoms with Gasteiger partial charge < -0.3 is 14.0 Å². The number of benzene rings is 3. The molecule has 0 spiro atoms. The van der Waals surface area contributed by atoms with Gasteiger partial charge in [0.2, 0.25) is 0 Å². The maximum atomic E-state index is 13.7. The van der Waals surface area contributed by atoms with E-state index in [2.05, 4.69) is 10.1 Å². The molecule has 250 valence electrons. The topological polar surface area (TPSA) is 115 Å². The fourth-order valence-electron chi connectivity index (χ4n) is 5.61. The van der Waals surface area contributed by atoms with E-state index in [4.69, 9.17) is 9.47 Å². The zero-order valence-electron chi connectivity index (χ0n) is 27.2. The van der Waals surface area contributed by atoms with Crippen molar-refractivity contribution in [2.45, 2.75) is 26.5 Å². The number of ketones is 1. The highest BCUT2D eigenvalue weighted by Gasteiger charge is 2.20. The number of carbonyl (C=O) groups excluding carboxylic acids is 1. The van der Waals surface area contributed by atoms with E-state index < -0.39 is 22.8 Å². The molecule has 0 aliphatic carbocycles. The standard InChI is InChI=1S/C38H31FN6O5/c1-3-43-21-30(37(47)45(38(43)48)29-12-10-28(39)11-13-29)33(46)17-26-9-14-34(36(18-26)49-23-25-7-5-4-6-8-25)50-35-19-27(31-22-42(2)24-40-31)20-44-32(35)15-16-41-44/h4-16,18-22,24H,3,17,23H2,1-2H3. The number of nitrogens with zero attached hydrogens (tertiary/aromatic N) is 6. The van der Waals surface area contributed by atoms with E-state index in [1.54, 1.807) is 42.2 Å². The van der Waals surface area contributed by atoms with E-state index in [0.29, 0.717) is 22.8 Å². The van der Waals surface area contributed by atoms with Gasteiger partial charge >= 0.3 is 5.69 Å². The fourth-order valence-corrected chi connectivity index (χ4v) is 5.61. The molecule has 0 saturated heterocycles. The van der Waals surface area contributed by atoms with Crippen LogP contribution in [0.5, 0.6) is 17.2 Å². The summed E-state index contributed by atoms with van der Waals surface area (Å²) in [7, 11) is 1.89. The fraction of sp³-hybridized carbons (Fsp3) is 0.132. The largest absolute Gasteiger partial charge is 0.485 e. The van der Waals surface area contributed by atoms with Crippen LogP contribution in [0.4, 0.5) is 4.39 Å². The average Bonchev–Trinajstić information content (AvgIpc) is 3.79. The molecule has 0 saturated carbocycles. The molecule has 12 heteroatoms. The van der Waals surface area contributed by atoms with Gasteiger partial charge in [-0.3, -0.25) is 14.2 Å². The summed E-state index contributed by atoms with van der Waals surface area (Å²) in [5.41, 5.74) is 2.34. The highest BCUT2D eigenvalue weighted by Crippen LogP contribution is 2.37. The van der Waals surface area contributed by atoms with Crippen molar-refractivity contribution >= 4 is 11.3 Å². The maximum Gasteiger partial charge on any atom is 0.335 e. The summed E-state index contributed by atoms with van der Waals surface area (Å²) in [6.45, 7) is 2.18. The van der Waals surface area contributed by atoms with Gasteiger partial charge in [-0.25, -0.2) is 23.3 Å². The molecule has 0 N–H and O–H groups in total. The minimum Gasteiger partial charge on any atom is -0.485 e. The number of pyridine rings is 1. The first-order valence-corrected chi connectivity index (χ1v) is 15.9. The molecule has 3 aromatic carbocycles. The molecule has 0 bridgehead atoms. The molecular weight excluding hydrogens is 639 g/mol. The highest BCUT2D eigenvalue weighted by molar-refractivity contribution is 5.97. The normalized spacial score (nSPS) is 11.2. The van der Waals surface area contributed by atoms with Crippen molar-refractivity contribution in [3.8, 4) is 34.2 Å². The Bertz CT molecular complexity index is 2460. The van der Waals surface area contributed by atoms with Crippen LogP contribution in [0.15, 0.2) is 126 Å². The number of halogens is 1. The lowest BCUT2D eigenvalue weighted by Crippen LogP contribution is -2.41. The number of aryl methyl sites for hydroxylation is 2. The number of ether oxygens (including phenoxy) is 2. The van der Waals surface area contributed by atoms with Gasteiger partial charge in [-0.1, -0.05) is 36.4 Å². The summed E-state index contributed by atoms with van der Waals surface area (Å²) in [5.74, 6) is 0.277. The van der Waals surface area contributed by atoms with E-state index in [0.717, 1.165) is 39.0 Å². The van der Waals surface area contributed by atoms with Crippen molar-refractivity contribution in [2.75, 3.05) is 0 Å². The van der Waals surface area contributed by atoms with Gasteiger partial charge in [0.25, 0.3) is 5.56 Å². The SMILES string of the molecule is CCn1cc(C(=O)Cc2ccc(Oc3cc(-c4cn(C)cn4)cn4nccc34)c(OCc3ccccc3)c2)c(=O)n(-c2ccc(F)cc2)c1=O. The van der Waals surface area contributed by atoms with Crippen molar-refractivity contribution in [2.24, 2.45) is 7.05 Å². The molecule has 0 radical (unpaired) electrons. The van der Waals surface area contributed by atoms with Crippen LogP contribution in [0.2, 0.25) is 0 Å². The third kappa shape index (κ3) is 6.46. The van der Waals surface area contributed by atoms with Crippen molar-refractivity contribution in [1.82, 2.24) is 28.3 Å². The van der Waals surface area contributed by atoms with Gasteiger partial charge in [-0.2, -0.15) is 5.10 Å². The minimum absolute atomic E-state index is 0.162. The molecule has 4 heterocycles. The van der Waals surface area contributed by atoms with Gasteiger partial charge in [0.15, 0.2) is 23.0 Å². The summed E-state index contributed by atoms with van der Waals surface area (Å²) in [4.78, 5) is 44.9. The van der Waals surface area contributed by atoms with Crippen LogP contribution in [0.25, 0.3) is 22.5 Å². The Morgan fingerprint density at radius 1 is 0.860 bits per heavy atom. The van der Waals surface area contributed by atoms with Crippen LogP contribution < -0.4 is 20.7 Å². The van der Waals surface area contributed by atoms with E-state index in [9.17, 15) is 18.8 Å². The third-order valence-electron chi connectivity index (χ3n) is 8.18. The van der Waals surface area contributed by atoms with E-state index >= 15 is 0 Å². The van der Waals surface area contributed by atoms with Gasteiger partial charge in [-0.05, 0) is 66.6 Å². The van der Waals surface area contributed by atoms with Crippen LogP contribution in [-0.4, -0.2) is 34.1 Å². The Labute approximate surface area is 285 Å². The second-order valence-electron chi connectivity index (χ2n) is 11.7. The minimum atomic E-state index is -0.783. The van der Waals surface area contributed by atoms with E-state index in [1.165, 1.54) is 22.9 Å². The molecule has 0 atom stereocenters. The molecule has 50 heavy (non-hydrogen) atoms. The Morgan fingerprint density at radius 2 is 1.66 bits per heavy atom. The number of hydrogen-bond donors (Lipinski definition) is 0. The Hall–Kier alpha value is -6.56. The Morgan fingerprint density at radius 3 is 2.40 bits per heavy atom. The summed E-state index contributed by atoms with van der Waals surface area (Å²) in [5, 5.41) is 4.41. The Balaban J connectivity index is 1.24. The van der Waals surface area contributed by atoms with Crippen molar-refractivity contribution < 1.29 is 18.7 Å². The van der Waals surface area contributed by atoms with Crippen molar-refractivity contribution in [3.63, 3.8) is 0 Å². The first-order chi connectivity index (χ1) is 24.3. The highest BCUT2D eigenvalue weighted by atomic mass is 19.1. The monoisotopic (exact) mass is 670 g/mol. The van der Waals surface area contributed by atoms with Crippen LogP contribution in [0, 0.1) is 5.82 Å². The quantitative estimate of drug-likeness (QED) is 0.155. The van der Waals surface area contributed by atoms with E-state index in [-0.39, 0.29) is 30.8 Å². The lowest BCUT2D eigenvalue weighted by atomic mass is 10.0. The number of hydrogen-bond acceptors (Lipinski definition) is 7. The summed E-state index contributed by atoms with van der Waals surface area (Å²) >= 11 is 0. The van der Waals surface area contributed by atoms with Gasteiger partial charge in [-0.15, -0.1) is 0 Å². The predicted octanol–water partition coefficient (Wildman–Crippen LogP) is 6.00. The smallest absolute Gasteiger partial charge is 0.335 e. The molecular formula is C38H31FN6O5. The summed E-state index contributed by atoms with van der Waals surface area (Å²) in [6, 6.07) is 23.5. The van der Waals surface area contributed by atoms with Crippen LogP contribution in [-0.2, 0) is 26.6 Å². The Kier molecular flexibility index (Phi) is 8.65. The number of imidazole rings is 1. The molecule has 0 fully saturated rings. The zero-order valence-corrected chi connectivity index (χ0v) is 27.2. The molecule has 0 unspecified atom stereocenters. The molecule has 0 amide bonds. The molecule has 4 aromatic heterocycles. The number of Topliss-reactive ketones (excluding diaryl/α,β-unsaturated/α-hetero) is 1. The molecule has 7 aromatic rings. The van der Waals surface area contributed by atoms with Crippen LogP contribution in [0.3, 0.4) is 0 Å². The number of rotatable bonds is 11. The van der Waals surface area contributed by atoms with Gasteiger partial charge in [0, 0.05) is 44.2 Å². The number of carbonyl (C=O) groups is 1.